The summed E-state index contributed by atoms with van der Waals surface area (Å²) < 4.78 is 7.40. The molecular formula is C28H34N4O4. The predicted molar refractivity (Wildman–Crippen MR) is 140 cm³/mol. The molecule has 36 heavy (non-hydrogen) atoms. The second-order valence-electron chi connectivity index (χ2n) is 10.1. The summed E-state index contributed by atoms with van der Waals surface area (Å²) in [5.74, 6) is -0.140. The first-order valence-corrected chi connectivity index (χ1v) is 12.7. The molecule has 3 aromatic rings. The first-order chi connectivity index (χ1) is 17.3. The maximum absolute atomic E-state index is 12.6. The van der Waals surface area contributed by atoms with Gasteiger partial charge >= 0.3 is 12.1 Å². The average Bonchev–Trinajstić information content (AvgIpc) is 3.28. The normalized spacial score (nSPS) is 21.8. The van der Waals surface area contributed by atoms with E-state index in [-0.39, 0.29) is 24.1 Å². The van der Waals surface area contributed by atoms with Gasteiger partial charge in [-0.3, -0.25) is 9.69 Å². The second-order valence-corrected chi connectivity index (χ2v) is 10.1. The van der Waals surface area contributed by atoms with Crippen molar-refractivity contribution < 1.29 is 19.4 Å². The van der Waals surface area contributed by atoms with E-state index >= 15 is 0 Å². The molecule has 2 aliphatic rings. The van der Waals surface area contributed by atoms with Crippen molar-refractivity contribution in [2.24, 2.45) is 5.92 Å². The number of hydrogen-bond donors (Lipinski definition) is 1. The molecule has 1 atom stereocenters. The van der Waals surface area contributed by atoms with Crippen molar-refractivity contribution >= 4 is 40.4 Å². The van der Waals surface area contributed by atoms with Crippen molar-refractivity contribution in [3.63, 3.8) is 0 Å². The Morgan fingerprint density at radius 1 is 1.08 bits per heavy atom. The number of rotatable bonds is 4. The topological polar surface area (TPSA) is 87.9 Å². The van der Waals surface area contributed by atoms with Crippen LogP contribution >= 0.6 is 0 Å². The van der Waals surface area contributed by atoms with Gasteiger partial charge in [-0.1, -0.05) is 18.2 Å². The molecule has 1 amide bonds. The van der Waals surface area contributed by atoms with Crippen molar-refractivity contribution in [1.82, 2.24) is 9.55 Å². The Morgan fingerprint density at radius 2 is 1.81 bits per heavy atom. The molecule has 0 bridgehead atoms. The fraction of sp³-hybridized carbons (Fsp3) is 0.464. The molecule has 1 N–H and O–H groups in total. The maximum Gasteiger partial charge on any atom is 0.414 e. The largest absolute Gasteiger partial charge is 0.481 e. The van der Waals surface area contributed by atoms with Gasteiger partial charge in [0.15, 0.2) is 0 Å². The summed E-state index contributed by atoms with van der Waals surface area (Å²) in [5, 5.41) is 9.52. The highest BCUT2D eigenvalue weighted by Gasteiger charge is 2.34. The van der Waals surface area contributed by atoms with E-state index in [1.54, 1.807) is 4.90 Å². The molecule has 1 aliphatic carbocycles. The van der Waals surface area contributed by atoms with Gasteiger partial charge in [0.25, 0.3) is 0 Å². The van der Waals surface area contributed by atoms with Crippen LogP contribution in [0.4, 0.5) is 22.1 Å². The number of ether oxygens (including phenoxy) is 1. The van der Waals surface area contributed by atoms with Gasteiger partial charge < -0.3 is 19.3 Å². The van der Waals surface area contributed by atoms with Crippen molar-refractivity contribution in [3.05, 3.63) is 47.5 Å². The number of carboxylic acids is 1. The molecule has 0 spiro atoms. The molecular weight excluding hydrogens is 456 g/mol. The molecule has 8 nitrogen and oxygen atoms in total. The van der Waals surface area contributed by atoms with Crippen LogP contribution in [0, 0.1) is 12.8 Å². The SMILES string of the molecule is COC(=O)N1c2ccc3c(nc(N(C)c4ccccc4C)n3[C@H]3CC[C@H](C(=O)O)CC3)c2CC[C@@H]1C. The van der Waals surface area contributed by atoms with E-state index in [2.05, 4.69) is 34.6 Å². The smallest absolute Gasteiger partial charge is 0.414 e. The Balaban J connectivity index is 1.67. The number of amides is 1. The number of aliphatic carboxylic acids is 1. The van der Waals surface area contributed by atoms with Crippen molar-refractivity contribution in [1.29, 1.82) is 0 Å². The fourth-order valence-electron chi connectivity index (χ4n) is 5.99. The number of carbonyl (C=O) groups excluding carboxylic acids is 1. The zero-order valence-corrected chi connectivity index (χ0v) is 21.4. The number of carbonyl (C=O) groups is 2. The van der Waals surface area contributed by atoms with Gasteiger partial charge in [0, 0.05) is 30.4 Å². The summed E-state index contributed by atoms with van der Waals surface area (Å²) in [6.07, 6.45) is 4.21. The number of aryl methyl sites for hydroxylation is 2. The molecule has 1 aliphatic heterocycles. The van der Waals surface area contributed by atoms with E-state index in [0.717, 1.165) is 65.2 Å². The number of fused-ring (bicyclic) bond motifs is 3. The summed E-state index contributed by atoms with van der Waals surface area (Å²) in [6.45, 7) is 4.13. The molecule has 1 aromatic heterocycles. The molecule has 1 saturated carbocycles. The number of hydrogen-bond acceptors (Lipinski definition) is 5. The van der Waals surface area contributed by atoms with Gasteiger partial charge in [-0.2, -0.15) is 0 Å². The van der Waals surface area contributed by atoms with Gasteiger partial charge in [0.05, 0.1) is 29.7 Å². The molecule has 8 heteroatoms. The first kappa shape index (κ1) is 24.2. The summed E-state index contributed by atoms with van der Waals surface area (Å²) in [7, 11) is 3.46. The third-order valence-corrected chi connectivity index (χ3v) is 8.00. The van der Waals surface area contributed by atoms with Gasteiger partial charge in [-0.05, 0) is 76.1 Å². The van der Waals surface area contributed by atoms with E-state index < -0.39 is 5.97 Å². The number of anilines is 3. The Kier molecular flexibility index (Phi) is 6.36. The highest BCUT2D eigenvalue weighted by Crippen LogP contribution is 2.43. The van der Waals surface area contributed by atoms with Crippen LogP contribution in [-0.4, -0.2) is 46.9 Å². The Bertz CT molecular complexity index is 1310. The van der Waals surface area contributed by atoms with Crippen LogP contribution in [0.5, 0.6) is 0 Å². The van der Waals surface area contributed by atoms with E-state index in [0.29, 0.717) is 12.8 Å². The molecule has 0 saturated heterocycles. The monoisotopic (exact) mass is 490 g/mol. The van der Waals surface area contributed by atoms with Crippen LogP contribution < -0.4 is 9.80 Å². The second kappa shape index (κ2) is 9.48. The number of benzene rings is 2. The van der Waals surface area contributed by atoms with E-state index in [4.69, 9.17) is 9.72 Å². The molecule has 190 valence electrons. The van der Waals surface area contributed by atoms with E-state index in [9.17, 15) is 14.7 Å². The lowest BCUT2D eigenvalue weighted by Crippen LogP contribution is -2.42. The molecule has 0 radical (unpaired) electrons. The maximum atomic E-state index is 12.6. The number of carboxylic acid groups (broad SMARTS) is 1. The Labute approximate surface area is 211 Å². The van der Waals surface area contributed by atoms with E-state index in [1.807, 2.05) is 32.2 Å². The van der Waals surface area contributed by atoms with Crippen LogP contribution in [0.25, 0.3) is 11.0 Å². The number of para-hydroxylation sites is 1. The first-order valence-electron chi connectivity index (χ1n) is 12.7. The number of imidazole rings is 1. The van der Waals surface area contributed by atoms with Crippen molar-refractivity contribution in [2.75, 3.05) is 24.0 Å². The molecule has 2 heterocycles. The molecule has 0 unspecified atom stereocenters. The molecule has 1 fully saturated rings. The standard InChI is InChI=1S/C28H34N4O4/c1-17-7-5-6-8-22(17)30(3)27-29-25-21-14-9-18(2)31(28(35)36-4)23(21)15-16-24(25)32(27)20-12-10-19(11-13-20)26(33)34/h5-8,15-16,18-20H,9-14H2,1-4H3,(H,33,34)/t18-,19-,20-/m0/s1. The van der Waals surface area contributed by atoms with Crippen LogP contribution in [0.1, 0.15) is 56.2 Å². The summed E-state index contributed by atoms with van der Waals surface area (Å²) in [5.41, 5.74) is 6.09. The summed E-state index contributed by atoms with van der Waals surface area (Å²) >= 11 is 0. The van der Waals surface area contributed by atoms with Crippen molar-refractivity contribution in [2.45, 2.75) is 64.5 Å². The van der Waals surface area contributed by atoms with Gasteiger partial charge in [0.2, 0.25) is 5.95 Å². The molecule has 5 rings (SSSR count). The number of nitrogens with zero attached hydrogens (tertiary/aromatic N) is 4. The van der Waals surface area contributed by atoms with Crippen LogP contribution in [0.2, 0.25) is 0 Å². The lowest BCUT2D eigenvalue weighted by atomic mass is 9.86. The average molecular weight is 491 g/mol. The summed E-state index contributed by atoms with van der Waals surface area (Å²) in [6, 6.07) is 12.5. The highest BCUT2D eigenvalue weighted by molar-refractivity contribution is 5.96. The highest BCUT2D eigenvalue weighted by atomic mass is 16.5. The lowest BCUT2D eigenvalue weighted by Gasteiger charge is -2.34. The van der Waals surface area contributed by atoms with Gasteiger partial charge in [0.1, 0.15) is 0 Å². The Morgan fingerprint density at radius 3 is 2.47 bits per heavy atom. The minimum Gasteiger partial charge on any atom is -0.481 e. The quantitative estimate of drug-likeness (QED) is 0.495. The van der Waals surface area contributed by atoms with Crippen LogP contribution in [0.15, 0.2) is 36.4 Å². The third kappa shape index (κ3) is 3.98. The third-order valence-electron chi connectivity index (χ3n) is 8.00. The predicted octanol–water partition coefficient (Wildman–Crippen LogP) is 5.84. The zero-order chi connectivity index (χ0) is 25.6. The van der Waals surface area contributed by atoms with Gasteiger partial charge in [-0.15, -0.1) is 0 Å². The minimum atomic E-state index is -0.702. The van der Waals surface area contributed by atoms with Crippen LogP contribution in [0.3, 0.4) is 0 Å². The number of aromatic nitrogens is 2. The lowest BCUT2D eigenvalue weighted by molar-refractivity contribution is -0.143. The van der Waals surface area contributed by atoms with Gasteiger partial charge in [-0.25, -0.2) is 9.78 Å². The fourth-order valence-corrected chi connectivity index (χ4v) is 5.99. The minimum absolute atomic E-state index is 0.0462. The zero-order valence-electron chi connectivity index (χ0n) is 21.4. The molecule has 2 aromatic carbocycles. The Hall–Kier alpha value is -3.55. The van der Waals surface area contributed by atoms with Crippen molar-refractivity contribution in [3.8, 4) is 0 Å². The summed E-state index contributed by atoms with van der Waals surface area (Å²) in [4.78, 5) is 33.3. The number of methoxy groups -OCH3 is 1. The van der Waals surface area contributed by atoms with Crippen LogP contribution in [-0.2, 0) is 16.0 Å². The van der Waals surface area contributed by atoms with E-state index in [1.165, 1.54) is 7.11 Å².